The van der Waals surface area contributed by atoms with Crippen LogP contribution in [-0.4, -0.2) is 55.0 Å². The first kappa shape index (κ1) is 13.7. The second-order valence-corrected chi connectivity index (χ2v) is 5.03. The van der Waals surface area contributed by atoms with Crippen molar-refractivity contribution < 1.29 is 9.53 Å². The zero-order valence-electron chi connectivity index (χ0n) is 11.5. The van der Waals surface area contributed by atoms with Gasteiger partial charge in [0, 0.05) is 37.4 Å². The highest BCUT2D eigenvalue weighted by Gasteiger charge is 2.24. The van der Waals surface area contributed by atoms with Crippen molar-refractivity contribution in [1.29, 1.82) is 0 Å². The topological polar surface area (TPSA) is 58.8 Å². The zero-order valence-corrected chi connectivity index (χ0v) is 11.5. The smallest absolute Gasteiger partial charge is 0.260 e. The minimum Gasteiger partial charge on any atom is -0.484 e. The van der Waals surface area contributed by atoms with Gasteiger partial charge < -0.3 is 20.3 Å². The first-order chi connectivity index (χ1) is 9.06. The molecule has 5 heteroatoms. The van der Waals surface area contributed by atoms with Crippen LogP contribution in [0.3, 0.4) is 0 Å². The third-order valence-electron chi connectivity index (χ3n) is 3.53. The number of likely N-dealkylation sites (N-methyl/N-ethyl adjacent to an activating group) is 1. The first-order valence-electron chi connectivity index (χ1n) is 6.52. The molecule has 1 heterocycles. The molecular formula is C14H21N3O2. The monoisotopic (exact) mass is 263 g/mol. The van der Waals surface area contributed by atoms with E-state index in [4.69, 9.17) is 10.5 Å². The summed E-state index contributed by atoms with van der Waals surface area (Å²) in [5.74, 6) is 0.665. The predicted molar refractivity (Wildman–Crippen MR) is 75.0 cm³/mol. The molecule has 1 aromatic carbocycles. The number of hydrogen-bond acceptors (Lipinski definition) is 4. The van der Waals surface area contributed by atoms with Gasteiger partial charge >= 0.3 is 0 Å². The number of amides is 1. The van der Waals surface area contributed by atoms with Crippen LogP contribution in [0.1, 0.15) is 6.92 Å². The number of piperazine rings is 1. The lowest BCUT2D eigenvalue weighted by atomic mass is 10.2. The second kappa shape index (κ2) is 5.93. The van der Waals surface area contributed by atoms with Gasteiger partial charge in [0.25, 0.3) is 5.91 Å². The molecule has 2 rings (SSSR count). The number of benzene rings is 1. The van der Waals surface area contributed by atoms with E-state index in [1.807, 2.05) is 11.0 Å². The lowest BCUT2D eigenvalue weighted by molar-refractivity contribution is -0.135. The summed E-state index contributed by atoms with van der Waals surface area (Å²) < 4.78 is 5.48. The summed E-state index contributed by atoms with van der Waals surface area (Å²) in [7, 11) is 2.08. The first-order valence-corrected chi connectivity index (χ1v) is 6.52. The van der Waals surface area contributed by atoms with Crippen LogP contribution in [0.25, 0.3) is 0 Å². The van der Waals surface area contributed by atoms with E-state index in [0.717, 1.165) is 19.6 Å². The number of anilines is 1. The van der Waals surface area contributed by atoms with Gasteiger partial charge in [-0.05, 0) is 26.1 Å². The SMILES string of the molecule is CC1CN(C(=O)COc2cccc(N)c2)CCN1C. The minimum absolute atomic E-state index is 0.0300. The highest BCUT2D eigenvalue weighted by molar-refractivity contribution is 5.78. The van der Waals surface area contributed by atoms with Crippen molar-refractivity contribution in [3.63, 3.8) is 0 Å². The van der Waals surface area contributed by atoms with E-state index in [2.05, 4.69) is 18.9 Å². The molecule has 1 saturated heterocycles. The van der Waals surface area contributed by atoms with E-state index in [9.17, 15) is 4.79 Å². The molecule has 0 aromatic heterocycles. The molecule has 1 fully saturated rings. The molecule has 5 nitrogen and oxygen atoms in total. The Hall–Kier alpha value is -1.75. The van der Waals surface area contributed by atoms with Gasteiger partial charge in [-0.25, -0.2) is 0 Å². The van der Waals surface area contributed by atoms with Crippen LogP contribution in [0, 0.1) is 0 Å². The number of hydrogen-bond donors (Lipinski definition) is 1. The van der Waals surface area contributed by atoms with Crippen molar-refractivity contribution in [3.05, 3.63) is 24.3 Å². The number of carbonyl (C=O) groups excluding carboxylic acids is 1. The Morgan fingerprint density at radius 3 is 2.95 bits per heavy atom. The average Bonchev–Trinajstić information content (AvgIpc) is 2.39. The van der Waals surface area contributed by atoms with Crippen molar-refractivity contribution in [2.24, 2.45) is 0 Å². The molecule has 1 amide bonds. The molecule has 0 bridgehead atoms. The van der Waals surface area contributed by atoms with Crippen LogP contribution in [0.2, 0.25) is 0 Å². The molecule has 1 aliphatic rings. The van der Waals surface area contributed by atoms with E-state index in [0.29, 0.717) is 17.5 Å². The molecule has 19 heavy (non-hydrogen) atoms. The lowest BCUT2D eigenvalue weighted by Crippen LogP contribution is -2.53. The van der Waals surface area contributed by atoms with Gasteiger partial charge in [-0.3, -0.25) is 4.79 Å². The number of nitrogens with two attached hydrogens (primary N) is 1. The van der Waals surface area contributed by atoms with Gasteiger partial charge in [0.05, 0.1) is 0 Å². The molecule has 0 saturated carbocycles. The average molecular weight is 263 g/mol. The maximum absolute atomic E-state index is 12.1. The third-order valence-corrected chi connectivity index (χ3v) is 3.53. The molecule has 1 unspecified atom stereocenters. The Balaban J connectivity index is 1.84. The molecule has 1 atom stereocenters. The molecule has 1 aromatic rings. The summed E-state index contributed by atoms with van der Waals surface area (Å²) in [4.78, 5) is 16.2. The fourth-order valence-electron chi connectivity index (χ4n) is 2.12. The molecule has 0 aliphatic carbocycles. The number of carbonyl (C=O) groups is 1. The summed E-state index contributed by atoms with van der Waals surface area (Å²) >= 11 is 0. The number of nitrogens with zero attached hydrogens (tertiary/aromatic N) is 2. The van der Waals surface area contributed by atoms with E-state index < -0.39 is 0 Å². The lowest BCUT2D eigenvalue weighted by Gasteiger charge is -2.37. The van der Waals surface area contributed by atoms with Crippen LogP contribution in [0.5, 0.6) is 5.75 Å². The normalized spacial score (nSPS) is 20.3. The van der Waals surface area contributed by atoms with Gasteiger partial charge in [-0.1, -0.05) is 6.07 Å². The fraction of sp³-hybridized carbons (Fsp3) is 0.500. The third kappa shape index (κ3) is 3.61. The molecular weight excluding hydrogens is 242 g/mol. The minimum atomic E-state index is 0.0300. The van der Waals surface area contributed by atoms with Gasteiger partial charge in [-0.15, -0.1) is 0 Å². The number of rotatable bonds is 3. The largest absolute Gasteiger partial charge is 0.484 e. The summed E-state index contributed by atoms with van der Waals surface area (Å²) in [5, 5.41) is 0. The van der Waals surface area contributed by atoms with Gasteiger partial charge in [-0.2, -0.15) is 0 Å². The Morgan fingerprint density at radius 2 is 2.26 bits per heavy atom. The molecule has 2 N–H and O–H groups in total. The molecule has 0 spiro atoms. The zero-order chi connectivity index (χ0) is 13.8. The van der Waals surface area contributed by atoms with Crippen LogP contribution in [-0.2, 0) is 4.79 Å². The van der Waals surface area contributed by atoms with E-state index >= 15 is 0 Å². The summed E-state index contributed by atoms with van der Waals surface area (Å²) in [6.45, 7) is 4.62. The van der Waals surface area contributed by atoms with Crippen molar-refractivity contribution >= 4 is 11.6 Å². The van der Waals surface area contributed by atoms with Crippen molar-refractivity contribution in [2.75, 3.05) is 39.0 Å². The van der Waals surface area contributed by atoms with E-state index in [-0.39, 0.29) is 12.5 Å². The molecule has 0 radical (unpaired) electrons. The van der Waals surface area contributed by atoms with E-state index in [1.165, 1.54) is 0 Å². The highest BCUT2D eigenvalue weighted by atomic mass is 16.5. The fourth-order valence-corrected chi connectivity index (χ4v) is 2.12. The Kier molecular flexibility index (Phi) is 4.27. The standard InChI is InChI=1S/C14H21N3O2/c1-11-9-17(7-6-16(11)2)14(18)10-19-13-5-3-4-12(15)8-13/h3-5,8,11H,6-7,9-10,15H2,1-2H3. The Morgan fingerprint density at radius 1 is 1.47 bits per heavy atom. The van der Waals surface area contributed by atoms with Gasteiger partial charge in [0.15, 0.2) is 6.61 Å². The van der Waals surface area contributed by atoms with Crippen LogP contribution >= 0.6 is 0 Å². The highest BCUT2D eigenvalue weighted by Crippen LogP contribution is 2.15. The summed E-state index contributed by atoms with van der Waals surface area (Å²) in [6, 6.07) is 7.52. The van der Waals surface area contributed by atoms with Crippen molar-refractivity contribution in [2.45, 2.75) is 13.0 Å². The van der Waals surface area contributed by atoms with Gasteiger partial charge in [0.1, 0.15) is 5.75 Å². The predicted octanol–water partition coefficient (Wildman–Crippen LogP) is 0.810. The maximum atomic E-state index is 12.1. The molecule has 1 aliphatic heterocycles. The maximum Gasteiger partial charge on any atom is 0.260 e. The van der Waals surface area contributed by atoms with Crippen LogP contribution < -0.4 is 10.5 Å². The summed E-state index contributed by atoms with van der Waals surface area (Å²) in [5.41, 5.74) is 6.30. The molecule has 104 valence electrons. The van der Waals surface area contributed by atoms with Crippen LogP contribution in [0.4, 0.5) is 5.69 Å². The number of ether oxygens (including phenoxy) is 1. The Labute approximate surface area is 113 Å². The van der Waals surface area contributed by atoms with Crippen molar-refractivity contribution in [3.8, 4) is 5.75 Å². The van der Waals surface area contributed by atoms with E-state index in [1.54, 1.807) is 18.2 Å². The van der Waals surface area contributed by atoms with Crippen LogP contribution in [0.15, 0.2) is 24.3 Å². The van der Waals surface area contributed by atoms with Crippen molar-refractivity contribution in [1.82, 2.24) is 9.80 Å². The second-order valence-electron chi connectivity index (χ2n) is 5.03. The Bertz CT molecular complexity index is 450. The summed E-state index contributed by atoms with van der Waals surface area (Å²) in [6.07, 6.45) is 0. The number of nitrogen functional groups attached to an aromatic ring is 1. The van der Waals surface area contributed by atoms with Gasteiger partial charge in [0.2, 0.25) is 0 Å². The quantitative estimate of drug-likeness (QED) is 0.820.